The van der Waals surface area contributed by atoms with Gasteiger partial charge in [-0.1, -0.05) is 6.92 Å². The molecule has 1 rings (SSSR count). The Kier molecular flexibility index (Phi) is 1.75. The Morgan fingerprint density at radius 3 is 1.78 bits per heavy atom. The van der Waals surface area contributed by atoms with E-state index in [1.54, 1.807) is 0 Å². The molecule has 3 heteroatoms. The lowest BCUT2D eigenvalue weighted by molar-refractivity contribution is -0.0245. The highest BCUT2D eigenvalue weighted by molar-refractivity contribution is 4.88. The zero-order valence-electron chi connectivity index (χ0n) is 5.36. The maximum Gasteiger partial charge on any atom is 0.106 e. The Hall–Kier alpha value is -0.120. The third kappa shape index (κ3) is 1.08. The van der Waals surface area contributed by atoms with Crippen molar-refractivity contribution in [3.05, 3.63) is 0 Å². The summed E-state index contributed by atoms with van der Waals surface area (Å²) in [6, 6.07) is 0. The predicted molar refractivity (Wildman–Crippen MR) is 31.8 cm³/mol. The van der Waals surface area contributed by atoms with Gasteiger partial charge in [0.1, 0.15) is 6.10 Å². The molecular formula is C6H12O3. The van der Waals surface area contributed by atoms with Crippen LogP contribution in [0.2, 0.25) is 0 Å². The average Bonchev–Trinajstić information content (AvgIpc) is 1.98. The van der Waals surface area contributed by atoms with Crippen LogP contribution in [0.5, 0.6) is 0 Å². The van der Waals surface area contributed by atoms with Crippen LogP contribution in [0.1, 0.15) is 13.3 Å². The van der Waals surface area contributed by atoms with E-state index in [2.05, 4.69) is 0 Å². The Morgan fingerprint density at radius 2 is 1.67 bits per heavy atom. The predicted octanol–water partition coefficient (Wildman–Crippen LogP) is -0.891. The van der Waals surface area contributed by atoms with Crippen LogP contribution in [-0.4, -0.2) is 33.6 Å². The number of aliphatic hydroxyl groups excluding tert-OH is 3. The molecule has 0 radical (unpaired) electrons. The molecule has 0 heterocycles. The zero-order chi connectivity index (χ0) is 7.02. The maximum atomic E-state index is 9.03. The summed E-state index contributed by atoms with van der Waals surface area (Å²) in [5.41, 5.74) is 0. The minimum atomic E-state index is -0.931. The molecule has 0 amide bonds. The monoisotopic (exact) mass is 132 g/mol. The lowest BCUT2D eigenvalue weighted by Gasteiger charge is -2.11. The van der Waals surface area contributed by atoms with Gasteiger partial charge in [-0.15, -0.1) is 0 Å². The third-order valence-corrected chi connectivity index (χ3v) is 1.94. The van der Waals surface area contributed by atoms with Crippen molar-refractivity contribution >= 4 is 0 Å². The van der Waals surface area contributed by atoms with Crippen LogP contribution in [0.15, 0.2) is 0 Å². The number of hydrogen-bond acceptors (Lipinski definition) is 3. The van der Waals surface area contributed by atoms with Crippen molar-refractivity contribution in [2.45, 2.75) is 31.7 Å². The Labute approximate surface area is 53.9 Å². The van der Waals surface area contributed by atoms with Crippen LogP contribution >= 0.6 is 0 Å². The van der Waals surface area contributed by atoms with Gasteiger partial charge in [-0.3, -0.25) is 0 Å². The maximum absolute atomic E-state index is 9.03. The van der Waals surface area contributed by atoms with Gasteiger partial charge in [0.2, 0.25) is 0 Å². The van der Waals surface area contributed by atoms with Crippen LogP contribution in [0.3, 0.4) is 0 Å². The fraction of sp³-hybridized carbons (Fsp3) is 1.00. The summed E-state index contributed by atoms with van der Waals surface area (Å²) in [7, 11) is 0. The zero-order valence-corrected chi connectivity index (χ0v) is 5.36. The SMILES string of the molecule is C[C@@H]1C[C@H](O)[C@H](O)[C@@H]1O. The molecule has 0 spiro atoms. The first kappa shape index (κ1) is 6.99. The molecule has 1 saturated carbocycles. The van der Waals surface area contributed by atoms with E-state index in [1.807, 2.05) is 6.92 Å². The molecule has 1 aliphatic rings. The Bertz CT molecular complexity index is 92.5. The fourth-order valence-corrected chi connectivity index (χ4v) is 1.22. The second-order valence-corrected chi connectivity index (χ2v) is 2.76. The molecule has 0 aromatic rings. The second-order valence-electron chi connectivity index (χ2n) is 2.76. The minimum Gasteiger partial charge on any atom is -0.390 e. The van der Waals surface area contributed by atoms with Crippen molar-refractivity contribution < 1.29 is 15.3 Å². The highest BCUT2D eigenvalue weighted by Gasteiger charge is 2.37. The molecule has 4 atom stereocenters. The summed E-state index contributed by atoms with van der Waals surface area (Å²) >= 11 is 0. The standard InChI is InChI=1S/C6H12O3/c1-3-2-4(7)6(9)5(3)8/h3-9H,2H2,1H3/t3-,4+,5-,6+/m1/s1. The van der Waals surface area contributed by atoms with Gasteiger partial charge in [-0.2, -0.15) is 0 Å². The lowest BCUT2D eigenvalue weighted by atomic mass is 10.1. The van der Waals surface area contributed by atoms with E-state index in [4.69, 9.17) is 15.3 Å². The first-order valence-electron chi connectivity index (χ1n) is 3.17. The molecule has 1 fully saturated rings. The van der Waals surface area contributed by atoms with E-state index in [0.717, 1.165) is 0 Å². The van der Waals surface area contributed by atoms with Crippen molar-refractivity contribution in [3.8, 4) is 0 Å². The summed E-state index contributed by atoms with van der Waals surface area (Å²) in [5, 5.41) is 26.9. The van der Waals surface area contributed by atoms with Gasteiger partial charge in [0, 0.05) is 0 Å². The smallest absolute Gasteiger partial charge is 0.106 e. The van der Waals surface area contributed by atoms with Crippen LogP contribution < -0.4 is 0 Å². The fourth-order valence-electron chi connectivity index (χ4n) is 1.22. The van der Waals surface area contributed by atoms with Gasteiger partial charge in [0.25, 0.3) is 0 Å². The molecule has 0 bridgehead atoms. The van der Waals surface area contributed by atoms with Gasteiger partial charge in [-0.05, 0) is 12.3 Å². The number of hydrogen-bond donors (Lipinski definition) is 3. The summed E-state index contributed by atoms with van der Waals surface area (Å²) < 4.78 is 0. The molecular weight excluding hydrogens is 120 g/mol. The van der Waals surface area contributed by atoms with E-state index in [-0.39, 0.29) is 5.92 Å². The van der Waals surface area contributed by atoms with Gasteiger partial charge < -0.3 is 15.3 Å². The van der Waals surface area contributed by atoms with Crippen LogP contribution in [0.25, 0.3) is 0 Å². The molecule has 54 valence electrons. The lowest BCUT2D eigenvalue weighted by Crippen LogP contribution is -2.29. The molecule has 9 heavy (non-hydrogen) atoms. The van der Waals surface area contributed by atoms with Crippen molar-refractivity contribution in [1.82, 2.24) is 0 Å². The third-order valence-electron chi connectivity index (χ3n) is 1.94. The average molecular weight is 132 g/mol. The highest BCUT2D eigenvalue weighted by Crippen LogP contribution is 2.25. The normalized spacial score (nSPS) is 52.0. The van der Waals surface area contributed by atoms with Crippen LogP contribution in [0, 0.1) is 5.92 Å². The van der Waals surface area contributed by atoms with E-state index in [0.29, 0.717) is 6.42 Å². The quantitative estimate of drug-likeness (QED) is 0.400. The Balaban J connectivity index is 2.54. The first-order valence-corrected chi connectivity index (χ1v) is 3.17. The van der Waals surface area contributed by atoms with Crippen LogP contribution in [-0.2, 0) is 0 Å². The summed E-state index contributed by atoms with van der Waals surface area (Å²) in [6.07, 6.45) is -1.89. The van der Waals surface area contributed by atoms with E-state index in [9.17, 15) is 0 Å². The molecule has 1 aliphatic carbocycles. The largest absolute Gasteiger partial charge is 0.390 e. The summed E-state index contributed by atoms with van der Waals surface area (Å²) in [4.78, 5) is 0. The topological polar surface area (TPSA) is 60.7 Å². The first-order chi connectivity index (χ1) is 4.13. The van der Waals surface area contributed by atoms with Gasteiger partial charge in [-0.25, -0.2) is 0 Å². The van der Waals surface area contributed by atoms with Crippen molar-refractivity contribution in [1.29, 1.82) is 0 Å². The summed E-state index contributed by atoms with van der Waals surface area (Å²) in [5.74, 6) is 0.0231. The Morgan fingerprint density at radius 1 is 1.11 bits per heavy atom. The van der Waals surface area contributed by atoms with Gasteiger partial charge in [0.15, 0.2) is 0 Å². The highest BCUT2D eigenvalue weighted by atomic mass is 16.4. The number of rotatable bonds is 0. The molecule has 3 N–H and O–H groups in total. The molecule has 3 nitrogen and oxygen atoms in total. The minimum absolute atomic E-state index is 0.0231. The van der Waals surface area contributed by atoms with Crippen LogP contribution in [0.4, 0.5) is 0 Å². The second kappa shape index (κ2) is 2.25. The van der Waals surface area contributed by atoms with E-state index >= 15 is 0 Å². The number of aliphatic hydroxyl groups is 3. The molecule has 0 unspecified atom stereocenters. The van der Waals surface area contributed by atoms with Gasteiger partial charge in [0.05, 0.1) is 12.2 Å². The van der Waals surface area contributed by atoms with Gasteiger partial charge >= 0.3 is 0 Å². The van der Waals surface area contributed by atoms with E-state index in [1.165, 1.54) is 0 Å². The molecule has 0 saturated heterocycles. The van der Waals surface area contributed by atoms with Crippen molar-refractivity contribution in [3.63, 3.8) is 0 Å². The van der Waals surface area contributed by atoms with Crippen molar-refractivity contribution in [2.24, 2.45) is 5.92 Å². The summed E-state index contributed by atoms with van der Waals surface area (Å²) in [6.45, 7) is 1.81. The van der Waals surface area contributed by atoms with E-state index < -0.39 is 18.3 Å². The molecule has 0 aliphatic heterocycles. The molecule has 0 aromatic heterocycles. The van der Waals surface area contributed by atoms with Crippen molar-refractivity contribution in [2.75, 3.05) is 0 Å². The molecule has 0 aromatic carbocycles.